The van der Waals surface area contributed by atoms with Crippen LogP contribution in [-0.4, -0.2) is 31.8 Å². The lowest BCUT2D eigenvalue weighted by atomic mass is 9.85. The molecule has 2 aliphatic rings. The van der Waals surface area contributed by atoms with E-state index in [1.54, 1.807) is 0 Å². The van der Waals surface area contributed by atoms with Crippen molar-refractivity contribution in [2.45, 2.75) is 45.1 Å². The highest BCUT2D eigenvalue weighted by atomic mass is 16.5. The smallest absolute Gasteiger partial charge is 0.407 e. The van der Waals surface area contributed by atoms with E-state index in [1.165, 1.54) is 35.1 Å². The van der Waals surface area contributed by atoms with Crippen molar-refractivity contribution in [3.8, 4) is 11.1 Å². The number of carbonyl (C=O) groups is 1. The molecule has 2 aromatic rings. The molecule has 1 fully saturated rings. The number of rotatable bonds is 6. The van der Waals surface area contributed by atoms with Crippen LogP contribution >= 0.6 is 0 Å². The minimum Gasteiger partial charge on any atom is -0.449 e. The highest BCUT2D eigenvalue weighted by molar-refractivity contribution is 5.79. The number of nitrogens with one attached hydrogen (secondary N) is 2. The van der Waals surface area contributed by atoms with E-state index < -0.39 is 0 Å². The number of amides is 1. The van der Waals surface area contributed by atoms with Gasteiger partial charge in [0, 0.05) is 18.5 Å². The fourth-order valence-electron chi connectivity index (χ4n) is 4.83. The lowest BCUT2D eigenvalue weighted by Crippen LogP contribution is -2.42. The predicted octanol–water partition coefficient (Wildman–Crippen LogP) is 4.94. The Bertz CT molecular complexity index is 803. The first kappa shape index (κ1) is 20.0. The Kier molecular flexibility index (Phi) is 6.19. The van der Waals surface area contributed by atoms with Gasteiger partial charge in [-0.25, -0.2) is 4.79 Å². The lowest BCUT2D eigenvalue weighted by molar-refractivity contribution is 0.141. The van der Waals surface area contributed by atoms with Gasteiger partial charge in [0.2, 0.25) is 0 Å². The van der Waals surface area contributed by atoms with E-state index in [4.69, 9.17) is 4.74 Å². The van der Waals surface area contributed by atoms with Crippen LogP contribution in [0, 0.1) is 11.8 Å². The molecule has 2 N–H and O–H groups in total. The second-order valence-corrected chi connectivity index (χ2v) is 8.74. The molecule has 4 rings (SSSR count). The van der Waals surface area contributed by atoms with Gasteiger partial charge in [-0.2, -0.15) is 0 Å². The molecule has 0 spiro atoms. The molecule has 2 aromatic carbocycles. The summed E-state index contributed by atoms with van der Waals surface area (Å²) in [6.45, 7) is 6.69. The van der Waals surface area contributed by atoms with Gasteiger partial charge in [0.1, 0.15) is 6.61 Å². The van der Waals surface area contributed by atoms with Gasteiger partial charge in [0.15, 0.2) is 0 Å². The highest BCUT2D eigenvalue weighted by Crippen LogP contribution is 2.44. The molecule has 0 saturated carbocycles. The fourth-order valence-corrected chi connectivity index (χ4v) is 4.83. The molecule has 1 aliphatic carbocycles. The summed E-state index contributed by atoms with van der Waals surface area (Å²) in [5.41, 5.74) is 5.00. The number of ether oxygens (including phenoxy) is 1. The van der Waals surface area contributed by atoms with Gasteiger partial charge in [0.25, 0.3) is 0 Å². The van der Waals surface area contributed by atoms with Gasteiger partial charge in [0.05, 0.1) is 0 Å². The van der Waals surface area contributed by atoms with Gasteiger partial charge in [-0.15, -0.1) is 0 Å². The Morgan fingerprint density at radius 1 is 1.10 bits per heavy atom. The number of hydrogen-bond acceptors (Lipinski definition) is 3. The van der Waals surface area contributed by atoms with Crippen molar-refractivity contribution in [1.82, 2.24) is 10.6 Å². The maximum absolute atomic E-state index is 12.3. The van der Waals surface area contributed by atoms with Crippen LogP contribution in [0.4, 0.5) is 4.79 Å². The summed E-state index contributed by atoms with van der Waals surface area (Å²) in [4.78, 5) is 12.3. The van der Waals surface area contributed by atoms with Crippen molar-refractivity contribution >= 4 is 6.09 Å². The number of piperidine rings is 1. The topological polar surface area (TPSA) is 50.4 Å². The molecular formula is C25H32N2O2. The van der Waals surface area contributed by atoms with Crippen molar-refractivity contribution in [3.05, 3.63) is 59.7 Å². The Hall–Kier alpha value is -2.33. The summed E-state index contributed by atoms with van der Waals surface area (Å²) in [7, 11) is 0. The minimum absolute atomic E-state index is 0.115. The second-order valence-electron chi connectivity index (χ2n) is 8.74. The first-order valence-electron chi connectivity index (χ1n) is 11.0. The van der Waals surface area contributed by atoms with E-state index >= 15 is 0 Å². The third-order valence-corrected chi connectivity index (χ3v) is 6.52. The summed E-state index contributed by atoms with van der Waals surface area (Å²) < 4.78 is 5.63. The molecule has 4 nitrogen and oxygen atoms in total. The monoisotopic (exact) mass is 392 g/mol. The minimum atomic E-state index is -0.304. The van der Waals surface area contributed by atoms with E-state index in [1.807, 2.05) is 0 Å². The van der Waals surface area contributed by atoms with Crippen molar-refractivity contribution in [2.75, 3.05) is 19.7 Å². The summed E-state index contributed by atoms with van der Waals surface area (Å²) >= 11 is 0. The van der Waals surface area contributed by atoms with Crippen LogP contribution in [0.25, 0.3) is 11.1 Å². The average Bonchev–Trinajstić information content (AvgIpc) is 3.06. The van der Waals surface area contributed by atoms with Crippen LogP contribution in [0.1, 0.15) is 50.2 Å². The molecule has 2 unspecified atom stereocenters. The van der Waals surface area contributed by atoms with Crippen LogP contribution in [0.2, 0.25) is 0 Å². The molecule has 29 heavy (non-hydrogen) atoms. The first-order chi connectivity index (χ1) is 14.1. The lowest BCUT2D eigenvalue weighted by Gasteiger charge is -2.32. The summed E-state index contributed by atoms with van der Waals surface area (Å²) in [5.74, 6) is 1.45. The van der Waals surface area contributed by atoms with Gasteiger partial charge in [-0.3, -0.25) is 0 Å². The van der Waals surface area contributed by atoms with E-state index in [0.717, 1.165) is 13.0 Å². The number of carbonyl (C=O) groups excluding carboxylic acids is 1. The Morgan fingerprint density at radius 2 is 1.76 bits per heavy atom. The Morgan fingerprint density at radius 3 is 2.41 bits per heavy atom. The van der Waals surface area contributed by atoms with Crippen LogP contribution in [0.3, 0.4) is 0 Å². The van der Waals surface area contributed by atoms with Gasteiger partial charge < -0.3 is 15.4 Å². The Balaban J connectivity index is 1.27. The van der Waals surface area contributed by atoms with Crippen LogP contribution in [0.15, 0.2) is 48.5 Å². The molecule has 0 bridgehead atoms. The molecule has 0 radical (unpaired) electrons. The van der Waals surface area contributed by atoms with E-state index in [9.17, 15) is 4.79 Å². The molecular weight excluding hydrogens is 360 g/mol. The molecule has 1 amide bonds. The van der Waals surface area contributed by atoms with Gasteiger partial charge >= 0.3 is 6.09 Å². The van der Waals surface area contributed by atoms with E-state index in [-0.39, 0.29) is 12.0 Å². The normalized spacial score (nSPS) is 20.9. The molecule has 1 aliphatic heterocycles. The third kappa shape index (κ3) is 4.48. The fraction of sp³-hybridized carbons (Fsp3) is 0.480. The Labute approximate surface area is 174 Å². The zero-order valence-electron chi connectivity index (χ0n) is 17.5. The largest absolute Gasteiger partial charge is 0.449 e. The number of benzene rings is 2. The van der Waals surface area contributed by atoms with Crippen LogP contribution in [0.5, 0.6) is 0 Å². The van der Waals surface area contributed by atoms with E-state index in [2.05, 4.69) is 73.0 Å². The third-order valence-electron chi connectivity index (χ3n) is 6.52. The molecule has 0 aromatic heterocycles. The van der Waals surface area contributed by atoms with Crippen molar-refractivity contribution in [2.24, 2.45) is 11.8 Å². The van der Waals surface area contributed by atoms with Crippen molar-refractivity contribution < 1.29 is 9.53 Å². The molecule has 1 saturated heterocycles. The number of alkyl carbamates (subject to hydrolysis) is 1. The van der Waals surface area contributed by atoms with Gasteiger partial charge in [-0.05, 0) is 59.9 Å². The van der Waals surface area contributed by atoms with Crippen molar-refractivity contribution in [1.29, 1.82) is 0 Å². The SMILES string of the molecule is CC(C)C1CC(CCNC(=O)OCC2c3ccccc3-c3ccccc32)CCN1. The molecule has 2 atom stereocenters. The first-order valence-corrected chi connectivity index (χ1v) is 11.0. The summed E-state index contributed by atoms with van der Waals surface area (Å²) in [6, 6.07) is 17.4. The standard InChI is InChI=1S/C25H32N2O2/c1-17(2)24-15-18(11-13-26-24)12-14-27-25(28)29-16-23-21-9-5-3-7-19(21)20-8-4-6-10-22(20)23/h3-10,17-18,23-24,26H,11-16H2,1-2H3,(H,27,28). The zero-order chi connectivity index (χ0) is 20.2. The number of hydrogen-bond donors (Lipinski definition) is 2. The molecule has 4 heteroatoms. The van der Waals surface area contributed by atoms with Crippen LogP contribution in [-0.2, 0) is 4.74 Å². The highest BCUT2D eigenvalue weighted by Gasteiger charge is 2.29. The number of fused-ring (bicyclic) bond motifs is 3. The quantitative estimate of drug-likeness (QED) is 0.732. The van der Waals surface area contributed by atoms with Gasteiger partial charge in [-0.1, -0.05) is 62.4 Å². The van der Waals surface area contributed by atoms with E-state index in [0.29, 0.717) is 31.0 Å². The zero-order valence-corrected chi connectivity index (χ0v) is 17.5. The van der Waals surface area contributed by atoms with Crippen molar-refractivity contribution in [3.63, 3.8) is 0 Å². The maximum Gasteiger partial charge on any atom is 0.407 e. The van der Waals surface area contributed by atoms with Crippen LogP contribution < -0.4 is 10.6 Å². The molecule has 154 valence electrons. The predicted molar refractivity (Wildman–Crippen MR) is 117 cm³/mol. The molecule has 1 heterocycles. The second kappa shape index (κ2) is 9.00. The average molecular weight is 393 g/mol. The maximum atomic E-state index is 12.3. The summed E-state index contributed by atoms with van der Waals surface area (Å²) in [5, 5.41) is 6.57. The summed E-state index contributed by atoms with van der Waals surface area (Å²) in [6.07, 6.45) is 3.11.